The predicted molar refractivity (Wildman–Crippen MR) is 51.7 cm³/mol. The van der Waals surface area contributed by atoms with Crippen molar-refractivity contribution in [3.63, 3.8) is 0 Å². The van der Waals surface area contributed by atoms with Gasteiger partial charge in [-0.05, 0) is 12.1 Å². The summed E-state index contributed by atoms with van der Waals surface area (Å²) in [5.41, 5.74) is 2.08. The molecule has 2 nitrogen and oxygen atoms in total. The predicted octanol–water partition coefficient (Wildman–Crippen LogP) is 1.70. The summed E-state index contributed by atoms with van der Waals surface area (Å²) in [4.78, 5) is 13.8. The van der Waals surface area contributed by atoms with E-state index in [0.29, 0.717) is 6.54 Å². The average Bonchev–Trinajstić information content (AvgIpc) is 2.18. The Kier molecular flexibility index (Phi) is 2.15. The quantitative estimate of drug-likeness (QED) is 0.647. The molecule has 0 fully saturated rings. The lowest BCUT2D eigenvalue weighted by Gasteiger charge is -2.26. The largest absolute Gasteiger partial charge is 0.293 e. The third-order valence-corrected chi connectivity index (χ3v) is 2.53. The molecule has 0 saturated heterocycles. The van der Waals surface area contributed by atoms with Gasteiger partial charge in [-0.15, -0.1) is 0 Å². The zero-order valence-electron chi connectivity index (χ0n) is 7.79. The van der Waals surface area contributed by atoms with Gasteiger partial charge in [0.15, 0.2) is 5.78 Å². The Balaban J connectivity index is 2.37. The maximum Gasteiger partial charge on any atom is 0.177 e. The first-order valence-electron chi connectivity index (χ1n) is 4.64. The van der Waals surface area contributed by atoms with Gasteiger partial charge in [0.25, 0.3) is 0 Å². The molecule has 1 aromatic rings. The molecule has 0 saturated carbocycles. The van der Waals surface area contributed by atoms with Gasteiger partial charge < -0.3 is 0 Å². The second-order valence-electron chi connectivity index (χ2n) is 3.38. The van der Waals surface area contributed by atoms with Gasteiger partial charge in [0.05, 0.1) is 6.54 Å². The van der Waals surface area contributed by atoms with Crippen molar-refractivity contribution < 1.29 is 4.79 Å². The van der Waals surface area contributed by atoms with Gasteiger partial charge in [-0.1, -0.05) is 31.2 Å². The van der Waals surface area contributed by atoms with Crippen molar-refractivity contribution in [3.05, 3.63) is 35.4 Å². The van der Waals surface area contributed by atoms with Gasteiger partial charge >= 0.3 is 0 Å². The lowest BCUT2D eigenvalue weighted by atomic mass is 9.99. The molecule has 2 rings (SSSR count). The molecule has 0 atom stereocenters. The van der Waals surface area contributed by atoms with Crippen molar-refractivity contribution in [1.82, 2.24) is 4.90 Å². The number of nitrogens with zero attached hydrogens (tertiary/aromatic N) is 1. The molecule has 0 unspecified atom stereocenters. The fourth-order valence-electron chi connectivity index (χ4n) is 1.74. The van der Waals surface area contributed by atoms with Gasteiger partial charge in [-0.25, -0.2) is 0 Å². The normalized spacial score (nSPS) is 17.2. The smallest absolute Gasteiger partial charge is 0.177 e. The van der Waals surface area contributed by atoms with E-state index in [0.717, 1.165) is 18.7 Å². The standard InChI is InChI=1S/C11H13NO/c1-2-12-7-9-5-3-4-6-10(9)11(13)8-12/h3-6H,2,7-8H2,1H3. The zero-order chi connectivity index (χ0) is 9.26. The summed E-state index contributed by atoms with van der Waals surface area (Å²) in [5, 5.41) is 0. The van der Waals surface area contributed by atoms with Gasteiger partial charge in [0.2, 0.25) is 0 Å². The first-order valence-corrected chi connectivity index (χ1v) is 4.64. The van der Waals surface area contributed by atoms with Gasteiger partial charge in [-0.3, -0.25) is 9.69 Å². The number of rotatable bonds is 1. The number of carbonyl (C=O) groups is 1. The van der Waals surface area contributed by atoms with E-state index in [4.69, 9.17) is 0 Å². The Hall–Kier alpha value is -1.15. The second kappa shape index (κ2) is 3.30. The molecular weight excluding hydrogens is 162 g/mol. The fourth-order valence-corrected chi connectivity index (χ4v) is 1.74. The van der Waals surface area contributed by atoms with Gasteiger partial charge in [-0.2, -0.15) is 0 Å². The number of likely N-dealkylation sites (N-methyl/N-ethyl adjacent to an activating group) is 1. The van der Waals surface area contributed by atoms with E-state index in [-0.39, 0.29) is 5.78 Å². The average molecular weight is 175 g/mol. The fraction of sp³-hybridized carbons (Fsp3) is 0.364. The second-order valence-corrected chi connectivity index (χ2v) is 3.38. The lowest BCUT2D eigenvalue weighted by molar-refractivity contribution is 0.0906. The number of hydrogen-bond acceptors (Lipinski definition) is 2. The van der Waals surface area contributed by atoms with Crippen LogP contribution in [0.25, 0.3) is 0 Å². The Labute approximate surface area is 78.2 Å². The molecule has 1 aromatic carbocycles. The van der Waals surface area contributed by atoms with Crippen LogP contribution in [0.3, 0.4) is 0 Å². The zero-order valence-corrected chi connectivity index (χ0v) is 7.79. The first-order chi connectivity index (χ1) is 6.31. The van der Waals surface area contributed by atoms with Crippen LogP contribution in [0, 0.1) is 0 Å². The molecule has 1 aliphatic rings. The van der Waals surface area contributed by atoms with E-state index in [1.54, 1.807) is 0 Å². The highest BCUT2D eigenvalue weighted by Crippen LogP contribution is 2.17. The number of ketones is 1. The van der Waals surface area contributed by atoms with Gasteiger partial charge in [0, 0.05) is 12.1 Å². The number of Topliss-reactive ketones (excluding diaryl/α,β-unsaturated/α-hetero) is 1. The van der Waals surface area contributed by atoms with E-state index < -0.39 is 0 Å². The van der Waals surface area contributed by atoms with Crippen LogP contribution in [-0.4, -0.2) is 23.8 Å². The Bertz CT molecular complexity index is 333. The molecule has 1 heterocycles. The molecule has 0 amide bonds. The van der Waals surface area contributed by atoms with Crippen LogP contribution in [0.1, 0.15) is 22.8 Å². The molecule has 2 heteroatoms. The number of hydrogen-bond donors (Lipinski definition) is 0. The Morgan fingerprint density at radius 1 is 1.31 bits per heavy atom. The molecule has 0 aromatic heterocycles. The Morgan fingerprint density at radius 3 is 2.85 bits per heavy atom. The number of carbonyl (C=O) groups excluding carboxylic acids is 1. The molecule has 68 valence electrons. The highest BCUT2D eigenvalue weighted by atomic mass is 16.1. The summed E-state index contributed by atoms with van der Waals surface area (Å²) in [6.07, 6.45) is 0. The minimum absolute atomic E-state index is 0.253. The summed E-state index contributed by atoms with van der Waals surface area (Å²) < 4.78 is 0. The van der Waals surface area contributed by atoms with E-state index in [1.165, 1.54) is 5.56 Å². The molecule has 0 N–H and O–H groups in total. The van der Waals surface area contributed by atoms with Crippen molar-refractivity contribution in [2.24, 2.45) is 0 Å². The number of fused-ring (bicyclic) bond motifs is 1. The highest BCUT2D eigenvalue weighted by molar-refractivity contribution is 5.99. The molecule has 0 aliphatic carbocycles. The van der Waals surface area contributed by atoms with Crippen LogP contribution in [0.15, 0.2) is 24.3 Å². The lowest BCUT2D eigenvalue weighted by Crippen LogP contribution is -2.34. The SMILES string of the molecule is CCN1CC(=O)c2ccccc2C1. The minimum atomic E-state index is 0.253. The van der Waals surface area contributed by atoms with Crippen LogP contribution < -0.4 is 0 Å². The maximum absolute atomic E-state index is 11.6. The molecule has 0 spiro atoms. The van der Waals surface area contributed by atoms with Crippen LogP contribution in [0.4, 0.5) is 0 Å². The molecule has 0 bridgehead atoms. The molecule has 13 heavy (non-hydrogen) atoms. The van der Waals surface area contributed by atoms with Crippen LogP contribution in [0.2, 0.25) is 0 Å². The van der Waals surface area contributed by atoms with E-state index in [9.17, 15) is 4.79 Å². The van der Waals surface area contributed by atoms with Crippen molar-refractivity contribution >= 4 is 5.78 Å². The number of benzene rings is 1. The summed E-state index contributed by atoms with van der Waals surface area (Å²) >= 11 is 0. The van der Waals surface area contributed by atoms with Crippen LogP contribution in [0.5, 0.6) is 0 Å². The topological polar surface area (TPSA) is 20.3 Å². The van der Waals surface area contributed by atoms with E-state index >= 15 is 0 Å². The summed E-state index contributed by atoms with van der Waals surface area (Å²) in [7, 11) is 0. The summed E-state index contributed by atoms with van der Waals surface area (Å²) in [6.45, 7) is 4.52. The molecular formula is C11H13NO. The van der Waals surface area contributed by atoms with E-state index in [2.05, 4.69) is 11.8 Å². The third kappa shape index (κ3) is 1.49. The van der Waals surface area contributed by atoms with Gasteiger partial charge in [0.1, 0.15) is 0 Å². The monoisotopic (exact) mass is 175 g/mol. The summed E-state index contributed by atoms with van der Waals surface area (Å²) in [5.74, 6) is 0.253. The van der Waals surface area contributed by atoms with Crippen molar-refractivity contribution in [2.75, 3.05) is 13.1 Å². The Morgan fingerprint density at radius 2 is 2.08 bits per heavy atom. The molecule has 1 aliphatic heterocycles. The van der Waals surface area contributed by atoms with Crippen LogP contribution >= 0.6 is 0 Å². The van der Waals surface area contributed by atoms with Crippen LogP contribution in [-0.2, 0) is 6.54 Å². The summed E-state index contributed by atoms with van der Waals surface area (Å²) in [6, 6.07) is 7.88. The van der Waals surface area contributed by atoms with Crippen molar-refractivity contribution in [1.29, 1.82) is 0 Å². The minimum Gasteiger partial charge on any atom is -0.293 e. The van der Waals surface area contributed by atoms with Crippen molar-refractivity contribution in [2.45, 2.75) is 13.5 Å². The third-order valence-electron chi connectivity index (χ3n) is 2.53. The first kappa shape index (κ1) is 8.45. The maximum atomic E-state index is 11.6. The molecule has 0 radical (unpaired) electrons. The van der Waals surface area contributed by atoms with Crippen molar-refractivity contribution in [3.8, 4) is 0 Å². The highest BCUT2D eigenvalue weighted by Gasteiger charge is 2.20. The van der Waals surface area contributed by atoms with E-state index in [1.807, 2.05) is 24.3 Å².